The Morgan fingerprint density at radius 1 is 0.941 bits per heavy atom. The lowest BCUT2D eigenvalue weighted by Gasteiger charge is -2.10. The maximum absolute atomic E-state index is 8.74. The molecule has 0 amide bonds. The van der Waals surface area contributed by atoms with Crippen molar-refractivity contribution in [3.05, 3.63) is 34.9 Å². The fourth-order valence-corrected chi connectivity index (χ4v) is 1.80. The van der Waals surface area contributed by atoms with E-state index in [1.54, 1.807) is 5.56 Å². The van der Waals surface area contributed by atoms with Gasteiger partial charge in [0.15, 0.2) is 0 Å². The molecule has 0 radical (unpaired) electrons. The Balaban J connectivity index is 0.000000437. The van der Waals surface area contributed by atoms with Gasteiger partial charge in [-0.25, -0.2) is 0 Å². The van der Waals surface area contributed by atoms with Gasteiger partial charge in [0.25, 0.3) is 0 Å². The molecule has 17 heavy (non-hydrogen) atoms. The molecule has 5 heteroatoms. The first-order chi connectivity index (χ1) is 7.83. The Morgan fingerprint density at radius 2 is 1.29 bits per heavy atom. The predicted molar refractivity (Wildman–Crippen MR) is 68.8 cm³/mol. The minimum Gasteiger partial charge on any atom is -0.264 e. The van der Waals surface area contributed by atoms with Gasteiger partial charge in [-0.3, -0.25) is 9.11 Å². The van der Waals surface area contributed by atoms with E-state index < -0.39 is 10.4 Å². The highest BCUT2D eigenvalue weighted by Crippen LogP contribution is 2.16. The van der Waals surface area contributed by atoms with E-state index in [1.807, 2.05) is 0 Å². The molecule has 1 rings (SSSR count). The van der Waals surface area contributed by atoms with E-state index in [0.717, 1.165) is 12.8 Å². The van der Waals surface area contributed by atoms with Crippen molar-refractivity contribution >= 4 is 10.4 Å². The summed E-state index contributed by atoms with van der Waals surface area (Å²) < 4.78 is 31.6. The van der Waals surface area contributed by atoms with Gasteiger partial charge in [-0.15, -0.1) is 0 Å². The Labute approximate surface area is 103 Å². The molecule has 4 nitrogen and oxygen atoms in total. The van der Waals surface area contributed by atoms with E-state index in [9.17, 15) is 0 Å². The second-order valence-electron chi connectivity index (χ2n) is 3.56. The maximum atomic E-state index is 8.74. The first-order valence-corrected chi connectivity index (χ1v) is 7.02. The van der Waals surface area contributed by atoms with Crippen LogP contribution in [0.3, 0.4) is 0 Å². The van der Waals surface area contributed by atoms with E-state index in [4.69, 9.17) is 17.5 Å². The fourth-order valence-electron chi connectivity index (χ4n) is 1.80. The third kappa shape index (κ3) is 7.10. The number of aryl methyl sites for hydroxylation is 2. The van der Waals surface area contributed by atoms with E-state index in [2.05, 4.69) is 39.0 Å². The molecule has 0 aromatic heterocycles. The van der Waals surface area contributed by atoms with Gasteiger partial charge in [0.2, 0.25) is 0 Å². The van der Waals surface area contributed by atoms with Crippen molar-refractivity contribution in [2.75, 3.05) is 0 Å². The van der Waals surface area contributed by atoms with E-state index in [1.165, 1.54) is 17.5 Å². The van der Waals surface area contributed by atoms with Gasteiger partial charge in [0, 0.05) is 0 Å². The zero-order chi connectivity index (χ0) is 13.5. The van der Waals surface area contributed by atoms with Crippen LogP contribution in [0.4, 0.5) is 0 Å². The van der Waals surface area contributed by atoms with Crippen molar-refractivity contribution in [2.24, 2.45) is 0 Å². The second-order valence-corrected chi connectivity index (χ2v) is 4.46. The van der Waals surface area contributed by atoms with Crippen molar-refractivity contribution < 1.29 is 17.5 Å². The van der Waals surface area contributed by atoms with Gasteiger partial charge in [-0.05, 0) is 36.0 Å². The van der Waals surface area contributed by atoms with Crippen molar-refractivity contribution in [1.82, 2.24) is 0 Å². The van der Waals surface area contributed by atoms with Gasteiger partial charge >= 0.3 is 10.4 Å². The normalized spacial score (nSPS) is 10.6. The van der Waals surface area contributed by atoms with Gasteiger partial charge in [-0.2, -0.15) is 8.42 Å². The molecule has 0 heterocycles. The lowest BCUT2D eigenvalue weighted by atomic mass is 9.96. The highest BCUT2D eigenvalue weighted by molar-refractivity contribution is 7.79. The van der Waals surface area contributed by atoms with Crippen molar-refractivity contribution in [2.45, 2.75) is 40.0 Å². The molecule has 0 bridgehead atoms. The van der Waals surface area contributed by atoms with Crippen LogP contribution in [0.5, 0.6) is 0 Å². The molecule has 1 aromatic carbocycles. The van der Waals surface area contributed by atoms with Crippen LogP contribution in [0.1, 0.15) is 37.5 Å². The summed E-state index contributed by atoms with van der Waals surface area (Å²) in [5.74, 6) is 0. The molecule has 1 aromatic rings. The third-order valence-electron chi connectivity index (χ3n) is 2.49. The van der Waals surface area contributed by atoms with Crippen LogP contribution in [0.2, 0.25) is 0 Å². The molecule has 0 spiro atoms. The van der Waals surface area contributed by atoms with E-state index in [-0.39, 0.29) is 0 Å². The number of hydrogen-bond donors (Lipinski definition) is 2. The van der Waals surface area contributed by atoms with Gasteiger partial charge < -0.3 is 0 Å². The average Bonchev–Trinajstić information content (AvgIpc) is 2.25. The first-order valence-electron chi connectivity index (χ1n) is 5.62. The standard InChI is InChI=1S/C12H18.H2O4S/c1-4-10-8-7-9-11(5-2)12(10)6-3;1-5(2,3)4/h7-9H,4-6H2,1-3H3;(H2,1,2,3,4). The van der Waals surface area contributed by atoms with Crippen molar-refractivity contribution in [1.29, 1.82) is 0 Å². The average molecular weight is 260 g/mol. The maximum Gasteiger partial charge on any atom is 0.394 e. The number of rotatable bonds is 3. The van der Waals surface area contributed by atoms with Crippen LogP contribution in [0.15, 0.2) is 18.2 Å². The monoisotopic (exact) mass is 260 g/mol. The zero-order valence-corrected chi connectivity index (χ0v) is 11.3. The summed E-state index contributed by atoms with van der Waals surface area (Å²) in [6.45, 7) is 6.70. The summed E-state index contributed by atoms with van der Waals surface area (Å²) in [4.78, 5) is 0. The quantitative estimate of drug-likeness (QED) is 0.819. The second kappa shape index (κ2) is 7.42. The highest BCUT2D eigenvalue weighted by Gasteiger charge is 2.02. The molecule has 2 N–H and O–H groups in total. The van der Waals surface area contributed by atoms with Crippen LogP contribution < -0.4 is 0 Å². The Morgan fingerprint density at radius 3 is 1.53 bits per heavy atom. The van der Waals surface area contributed by atoms with Crippen molar-refractivity contribution in [3.63, 3.8) is 0 Å². The molecule has 0 saturated carbocycles. The molecular weight excluding hydrogens is 240 g/mol. The van der Waals surface area contributed by atoms with Crippen molar-refractivity contribution in [3.8, 4) is 0 Å². The predicted octanol–water partition coefficient (Wildman–Crippen LogP) is 2.72. The number of hydrogen-bond acceptors (Lipinski definition) is 2. The van der Waals surface area contributed by atoms with Crippen LogP contribution in [0.25, 0.3) is 0 Å². The van der Waals surface area contributed by atoms with Gasteiger partial charge in [0.05, 0.1) is 0 Å². The van der Waals surface area contributed by atoms with Gasteiger partial charge in [0.1, 0.15) is 0 Å². The molecule has 0 saturated heterocycles. The summed E-state index contributed by atoms with van der Waals surface area (Å²) in [7, 11) is -4.67. The van der Waals surface area contributed by atoms with Crippen LogP contribution in [-0.2, 0) is 29.7 Å². The lowest BCUT2D eigenvalue weighted by molar-refractivity contribution is 0.381. The molecule has 98 valence electrons. The summed E-state index contributed by atoms with van der Waals surface area (Å²) in [5.41, 5.74) is 4.62. The Hall–Kier alpha value is -0.910. The molecular formula is C12H20O4S. The van der Waals surface area contributed by atoms with Crippen LogP contribution >= 0.6 is 0 Å². The molecule has 0 atom stereocenters. The van der Waals surface area contributed by atoms with Crippen LogP contribution in [-0.4, -0.2) is 17.5 Å². The van der Waals surface area contributed by atoms with E-state index >= 15 is 0 Å². The summed E-state index contributed by atoms with van der Waals surface area (Å²) in [6, 6.07) is 6.67. The Kier molecular flexibility index (Phi) is 7.03. The largest absolute Gasteiger partial charge is 0.394 e. The molecule has 0 unspecified atom stereocenters. The first kappa shape index (κ1) is 16.1. The Bertz CT molecular complexity index is 408. The lowest BCUT2D eigenvalue weighted by Crippen LogP contribution is -1.96. The third-order valence-corrected chi connectivity index (χ3v) is 2.49. The van der Waals surface area contributed by atoms with E-state index in [0.29, 0.717) is 0 Å². The summed E-state index contributed by atoms with van der Waals surface area (Å²) in [6.07, 6.45) is 3.50. The highest BCUT2D eigenvalue weighted by atomic mass is 32.3. The minimum atomic E-state index is -4.67. The fraction of sp³-hybridized carbons (Fsp3) is 0.500. The molecule has 0 aliphatic rings. The molecule has 0 fully saturated rings. The topological polar surface area (TPSA) is 74.6 Å². The molecule has 0 aliphatic carbocycles. The smallest absolute Gasteiger partial charge is 0.264 e. The zero-order valence-electron chi connectivity index (χ0n) is 10.5. The summed E-state index contributed by atoms with van der Waals surface area (Å²) >= 11 is 0. The SMILES string of the molecule is CCc1cccc(CC)c1CC.O=S(=O)(O)O. The summed E-state index contributed by atoms with van der Waals surface area (Å²) in [5, 5.41) is 0. The molecule has 0 aliphatic heterocycles. The minimum absolute atomic E-state index is 1.16. The number of benzene rings is 1. The van der Waals surface area contributed by atoms with Gasteiger partial charge in [-0.1, -0.05) is 39.0 Å². The van der Waals surface area contributed by atoms with Crippen LogP contribution in [0, 0.1) is 0 Å².